The normalized spacial score (nSPS) is 25.4. The van der Waals surface area contributed by atoms with E-state index < -0.39 is 15.6 Å². The number of benzene rings is 1. The fraction of sp³-hybridized carbons (Fsp3) is 0.500. The van der Waals surface area contributed by atoms with Crippen molar-refractivity contribution in [2.75, 3.05) is 18.8 Å². The smallest absolute Gasteiger partial charge is 0.244 e. The Morgan fingerprint density at radius 2 is 2.16 bits per heavy atom. The van der Waals surface area contributed by atoms with Gasteiger partial charge < -0.3 is 10.8 Å². The fourth-order valence-corrected chi connectivity index (χ4v) is 4.79. The van der Waals surface area contributed by atoms with Crippen molar-refractivity contribution in [3.8, 4) is 0 Å². The van der Waals surface area contributed by atoms with E-state index in [4.69, 9.17) is 5.73 Å². The van der Waals surface area contributed by atoms with Crippen LogP contribution in [0.2, 0.25) is 0 Å². The van der Waals surface area contributed by atoms with E-state index in [0.29, 0.717) is 29.5 Å². The molecule has 106 valence electrons. The molecule has 1 aromatic rings. The van der Waals surface area contributed by atoms with Crippen LogP contribution >= 0.6 is 15.9 Å². The Morgan fingerprint density at radius 3 is 2.79 bits per heavy atom. The number of hydrogen-bond acceptors (Lipinski definition) is 4. The Morgan fingerprint density at radius 1 is 1.47 bits per heavy atom. The van der Waals surface area contributed by atoms with Gasteiger partial charge >= 0.3 is 0 Å². The molecule has 0 saturated carbocycles. The van der Waals surface area contributed by atoms with E-state index in [2.05, 4.69) is 15.9 Å². The summed E-state index contributed by atoms with van der Waals surface area (Å²) >= 11 is 3.24. The molecule has 2 rings (SSSR count). The summed E-state index contributed by atoms with van der Waals surface area (Å²) in [6.07, 6.45) is 1.25. The predicted molar refractivity (Wildman–Crippen MR) is 77.2 cm³/mol. The lowest BCUT2D eigenvalue weighted by molar-refractivity contribution is 0.00939. The zero-order valence-corrected chi connectivity index (χ0v) is 13.0. The van der Waals surface area contributed by atoms with Gasteiger partial charge in [-0.15, -0.1) is 0 Å². The van der Waals surface area contributed by atoms with E-state index in [1.165, 1.54) is 10.4 Å². The van der Waals surface area contributed by atoms with Crippen LogP contribution in [-0.4, -0.2) is 36.5 Å². The van der Waals surface area contributed by atoms with Gasteiger partial charge in [0.15, 0.2) is 0 Å². The number of hydrogen-bond donors (Lipinski definition) is 2. The molecule has 0 spiro atoms. The summed E-state index contributed by atoms with van der Waals surface area (Å²) in [7, 11) is -3.64. The summed E-state index contributed by atoms with van der Waals surface area (Å²) in [5, 5.41) is 10.0. The second-order valence-electron chi connectivity index (χ2n) is 5.13. The first-order valence-corrected chi connectivity index (χ1v) is 8.23. The molecule has 1 aromatic carbocycles. The van der Waals surface area contributed by atoms with Crippen LogP contribution in [0.15, 0.2) is 27.6 Å². The lowest BCUT2D eigenvalue weighted by atomic mass is 9.97. The number of nitrogens with zero attached hydrogens (tertiary/aromatic N) is 1. The maximum atomic E-state index is 12.6. The number of nitrogen functional groups attached to an aromatic ring is 1. The zero-order chi connectivity index (χ0) is 14.3. The third-order valence-corrected chi connectivity index (χ3v) is 6.05. The standard InChI is InChI=1S/C12H17BrN2O3S/c1-12(16)5-2-6-15(8-12)19(17,18)11-7-9(14)3-4-10(11)13/h3-4,7,16H,2,5-6,8,14H2,1H3. The quantitative estimate of drug-likeness (QED) is 0.794. The summed E-state index contributed by atoms with van der Waals surface area (Å²) in [4.78, 5) is 0.144. The van der Waals surface area contributed by atoms with Crippen LogP contribution < -0.4 is 5.73 Å². The highest BCUT2D eigenvalue weighted by molar-refractivity contribution is 9.10. The van der Waals surface area contributed by atoms with Crippen LogP contribution in [0.5, 0.6) is 0 Å². The highest BCUT2D eigenvalue weighted by Gasteiger charge is 2.36. The number of aliphatic hydroxyl groups is 1. The summed E-state index contributed by atoms with van der Waals surface area (Å²) in [5.41, 5.74) is 5.07. The summed E-state index contributed by atoms with van der Waals surface area (Å²) in [6.45, 7) is 2.18. The number of rotatable bonds is 2. The maximum absolute atomic E-state index is 12.6. The third-order valence-electron chi connectivity index (χ3n) is 3.21. The molecule has 0 aromatic heterocycles. The van der Waals surface area contributed by atoms with Crippen molar-refractivity contribution in [1.29, 1.82) is 0 Å². The van der Waals surface area contributed by atoms with Crippen LogP contribution in [0, 0.1) is 0 Å². The SMILES string of the molecule is CC1(O)CCCN(S(=O)(=O)c2cc(N)ccc2Br)C1. The minimum atomic E-state index is -3.64. The molecule has 5 nitrogen and oxygen atoms in total. The Labute approximate surface area is 121 Å². The van der Waals surface area contributed by atoms with Crippen molar-refractivity contribution < 1.29 is 13.5 Å². The van der Waals surface area contributed by atoms with Gasteiger partial charge in [-0.1, -0.05) is 0 Å². The molecular formula is C12H17BrN2O3S. The minimum Gasteiger partial charge on any atom is -0.399 e. The first-order valence-electron chi connectivity index (χ1n) is 6.00. The molecule has 1 aliphatic rings. The van der Waals surface area contributed by atoms with Crippen molar-refractivity contribution in [2.45, 2.75) is 30.3 Å². The van der Waals surface area contributed by atoms with Crippen molar-refractivity contribution >= 4 is 31.6 Å². The van der Waals surface area contributed by atoms with Gasteiger partial charge in [0, 0.05) is 23.2 Å². The lowest BCUT2D eigenvalue weighted by Gasteiger charge is -2.36. The van der Waals surface area contributed by atoms with E-state index in [9.17, 15) is 13.5 Å². The zero-order valence-electron chi connectivity index (χ0n) is 10.6. The second kappa shape index (κ2) is 5.05. The average molecular weight is 349 g/mol. The van der Waals surface area contributed by atoms with E-state index in [1.54, 1.807) is 19.1 Å². The number of piperidine rings is 1. The monoisotopic (exact) mass is 348 g/mol. The first-order chi connectivity index (χ1) is 8.72. The largest absolute Gasteiger partial charge is 0.399 e. The van der Waals surface area contributed by atoms with Crippen molar-refractivity contribution in [2.24, 2.45) is 0 Å². The van der Waals surface area contributed by atoms with Crippen molar-refractivity contribution in [3.05, 3.63) is 22.7 Å². The highest BCUT2D eigenvalue weighted by Crippen LogP contribution is 2.30. The molecule has 1 fully saturated rings. The minimum absolute atomic E-state index is 0.108. The molecule has 1 unspecified atom stereocenters. The third kappa shape index (κ3) is 3.10. The number of β-amino-alcohol motifs (C(OH)–C–C–N with tert-alkyl or cyclic N) is 1. The molecule has 0 aliphatic carbocycles. The fourth-order valence-electron chi connectivity index (χ4n) is 2.24. The van der Waals surface area contributed by atoms with Gasteiger partial charge in [-0.2, -0.15) is 4.31 Å². The van der Waals surface area contributed by atoms with Gasteiger partial charge in [-0.3, -0.25) is 0 Å². The Hall–Kier alpha value is -0.630. The molecule has 1 saturated heterocycles. The first kappa shape index (κ1) is 14.8. The maximum Gasteiger partial charge on any atom is 0.244 e. The Bertz CT molecular complexity index is 587. The van der Waals surface area contributed by atoms with E-state index >= 15 is 0 Å². The van der Waals surface area contributed by atoms with Crippen LogP contribution in [-0.2, 0) is 10.0 Å². The number of nitrogens with two attached hydrogens (primary N) is 1. The number of sulfonamides is 1. The van der Waals surface area contributed by atoms with Crippen molar-refractivity contribution in [1.82, 2.24) is 4.31 Å². The molecule has 7 heteroatoms. The van der Waals surface area contributed by atoms with E-state index in [0.717, 1.165) is 0 Å². The molecule has 3 N–H and O–H groups in total. The topological polar surface area (TPSA) is 83.6 Å². The van der Waals surface area contributed by atoms with Crippen LogP contribution in [0.1, 0.15) is 19.8 Å². The number of anilines is 1. The van der Waals surface area contributed by atoms with Gasteiger partial charge in [0.25, 0.3) is 0 Å². The van der Waals surface area contributed by atoms with E-state index in [-0.39, 0.29) is 11.4 Å². The summed E-state index contributed by atoms with van der Waals surface area (Å²) in [5.74, 6) is 0. The van der Waals surface area contributed by atoms with Gasteiger partial charge in [0.2, 0.25) is 10.0 Å². The van der Waals surface area contributed by atoms with Crippen LogP contribution in [0.3, 0.4) is 0 Å². The molecule has 1 aliphatic heterocycles. The molecule has 0 amide bonds. The van der Waals surface area contributed by atoms with Crippen LogP contribution in [0.25, 0.3) is 0 Å². The van der Waals surface area contributed by atoms with Gasteiger partial charge in [0.1, 0.15) is 0 Å². The number of halogens is 1. The Kier molecular flexibility index (Phi) is 3.92. The predicted octanol–water partition coefficient (Wildman–Crippen LogP) is 1.57. The van der Waals surface area contributed by atoms with E-state index in [1.807, 2.05) is 0 Å². The van der Waals surface area contributed by atoms with Crippen LogP contribution in [0.4, 0.5) is 5.69 Å². The van der Waals surface area contributed by atoms with Gasteiger partial charge in [0.05, 0.1) is 10.5 Å². The lowest BCUT2D eigenvalue weighted by Crippen LogP contribution is -2.48. The van der Waals surface area contributed by atoms with Gasteiger partial charge in [-0.05, 0) is 53.9 Å². The second-order valence-corrected chi connectivity index (χ2v) is 7.89. The average Bonchev–Trinajstić information content (AvgIpc) is 2.31. The van der Waals surface area contributed by atoms with Crippen molar-refractivity contribution in [3.63, 3.8) is 0 Å². The molecule has 0 bridgehead atoms. The molecule has 1 atom stereocenters. The molecular weight excluding hydrogens is 332 g/mol. The summed E-state index contributed by atoms with van der Waals surface area (Å²) < 4.78 is 26.9. The Balaban J connectivity index is 2.39. The molecule has 1 heterocycles. The van der Waals surface area contributed by atoms with Gasteiger partial charge in [-0.25, -0.2) is 8.42 Å². The highest BCUT2D eigenvalue weighted by atomic mass is 79.9. The molecule has 0 radical (unpaired) electrons. The summed E-state index contributed by atoms with van der Waals surface area (Å²) in [6, 6.07) is 4.68. The molecule has 19 heavy (non-hydrogen) atoms.